The molecule has 0 unspecified atom stereocenters. The second-order valence-electron chi connectivity index (χ2n) is 9.98. The van der Waals surface area contributed by atoms with Gasteiger partial charge in [0.15, 0.2) is 0 Å². The van der Waals surface area contributed by atoms with Crippen molar-refractivity contribution >= 4 is 25.3 Å². The van der Waals surface area contributed by atoms with E-state index in [0.717, 1.165) is 9.79 Å². The van der Waals surface area contributed by atoms with E-state index in [1.165, 1.54) is 62.5 Å². The molecule has 0 heterocycles. The first kappa shape index (κ1) is 67.7. The monoisotopic (exact) mass is 757 g/mol. The van der Waals surface area contributed by atoms with Crippen molar-refractivity contribution in [2.75, 3.05) is 0 Å². The molecule has 0 atom stereocenters. The summed E-state index contributed by atoms with van der Waals surface area (Å²) in [6.45, 7) is 37.6. The summed E-state index contributed by atoms with van der Waals surface area (Å²) in [5.41, 5.74) is 2.64. The van der Waals surface area contributed by atoms with Crippen LogP contribution in [0.4, 0.5) is 0 Å². The third-order valence-corrected chi connectivity index (χ3v) is 5.99. The van der Waals surface area contributed by atoms with Gasteiger partial charge in [0.25, 0.3) is 0 Å². The minimum absolute atomic E-state index is 1.02. The lowest BCUT2D eigenvalue weighted by Gasteiger charge is -1.82. The van der Waals surface area contributed by atoms with E-state index in [4.69, 9.17) is 0 Å². The zero-order chi connectivity index (χ0) is 42.1. The first-order valence-electron chi connectivity index (χ1n) is 20.7. The van der Waals surface area contributed by atoms with Crippen LogP contribution in [0.2, 0.25) is 0 Å². The van der Waals surface area contributed by atoms with Crippen molar-refractivity contribution in [1.29, 1.82) is 0 Å². The van der Waals surface area contributed by atoms with Crippen LogP contribution < -0.4 is 0 Å². The summed E-state index contributed by atoms with van der Waals surface area (Å²) < 4.78 is 0. The molecule has 0 spiro atoms. The highest BCUT2D eigenvalue weighted by molar-refractivity contribution is 7.80. The second-order valence-corrected chi connectivity index (χ2v) is 11.0. The van der Waals surface area contributed by atoms with Gasteiger partial charge in [-0.15, -0.1) is 25.3 Å². The lowest BCUT2D eigenvalue weighted by Crippen LogP contribution is -1.62. The average Bonchev–Trinajstić information content (AvgIpc) is 3.23. The van der Waals surface area contributed by atoms with Crippen LogP contribution in [0.5, 0.6) is 0 Å². The molecule has 0 aliphatic carbocycles. The van der Waals surface area contributed by atoms with Gasteiger partial charge >= 0.3 is 0 Å². The van der Waals surface area contributed by atoms with Crippen molar-refractivity contribution in [3.05, 3.63) is 132 Å². The molecule has 0 aliphatic rings. The smallest absolute Gasteiger partial charge is 0.00399 e. The Bertz CT molecular complexity index is 782. The lowest BCUT2D eigenvalue weighted by molar-refractivity contribution is 0.886. The van der Waals surface area contributed by atoms with Crippen LogP contribution in [-0.4, -0.2) is 0 Å². The summed E-state index contributed by atoms with van der Waals surface area (Å²) in [6.07, 6.45) is 10.6. The number of thiol groups is 2. The van der Waals surface area contributed by atoms with Crippen molar-refractivity contribution < 1.29 is 0 Å². The highest BCUT2D eigenvalue weighted by Gasteiger charge is 1.74. The van der Waals surface area contributed by atoms with Crippen molar-refractivity contribution in [1.82, 2.24) is 0 Å². The summed E-state index contributed by atoms with van der Waals surface area (Å²) in [7, 11) is 0. The maximum absolute atomic E-state index is 4.08. The molecule has 4 rings (SSSR count). The Morgan fingerprint density at radius 3 is 0.462 bits per heavy atom. The molecule has 0 saturated carbocycles. The Kier molecular flexibility index (Phi) is 101. The fourth-order valence-electron chi connectivity index (χ4n) is 1.92. The van der Waals surface area contributed by atoms with E-state index in [9.17, 15) is 0 Å². The van der Waals surface area contributed by atoms with Gasteiger partial charge in [-0.3, -0.25) is 0 Å². The molecule has 52 heavy (non-hydrogen) atoms. The topological polar surface area (TPSA) is 0 Å². The highest BCUT2D eigenvalue weighted by atomic mass is 32.1. The molecule has 0 aromatic heterocycles. The van der Waals surface area contributed by atoms with Crippen molar-refractivity contribution in [2.45, 2.75) is 186 Å². The predicted octanol–water partition coefficient (Wildman–Crippen LogP) is 19.3. The summed E-state index contributed by atoms with van der Waals surface area (Å²) in [5, 5.41) is 0. The van der Waals surface area contributed by atoms with E-state index in [1.54, 1.807) is 0 Å². The Morgan fingerprint density at radius 1 is 0.269 bits per heavy atom. The van der Waals surface area contributed by atoms with Crippen molar-refractivity contribution in [3.63, 3.8) is 0 Å². The molecule has 2 heteroatoms. The van der Waals surface area contributed by atoms with Gasteiger partial charge in [-0.25, -0.2) is 0 Å². The van der Waals surface area contributed by atoms with E-state index in [0.29, 0.717) is 0 Å². The third kappa shape index (κ3) is 91.6. The van der Waals surface area contributed by atoms with Gasteiger partial charge in [-0.1, -0.05) is 270 Å². The Labute approximate surface area is 341 Å². The molecule has 4 aromatic carbocycles. The zero-order valence-corrected chi connectivity index (χ0v) is 39.9. The molecule has 0 saturated heterocycles. The van der Waals surface area contributed by atoms with Gasteiger partial charge in [-0.2, -0.15) is 0 Å². The van der Waals surface area contributed by atoms with Crippen LogP contribution in [0.3, 0.4) is 0 Å². The summed E-state index contributed by atoms with van der Waals surface area (Å²) in [6, 6.07) is 40.1. The van der Waals surface area contributed by atoms with E-state index >= 15 is 0 Å². The number of hydrogen-bond donors (Lipinski definition) is 2. The van der Waals surface area contributed by atoms with Crippen molar-refractivity contribution in [3.8, 4) is 0 Å². The number of benzene rings is 4. The summed E-state index contributed by atoms with van der Waals surface area (Å²) >= 11 is 8.17. The van der Waals surface area contributed by atoms with E-state index in [2.05, 4.69) is 119 Å². The molecular formula is C50H92S2. The first-order valence-corrected chi connectivity index (χ1v) is 21.6. The molecule has 0 nitrogen and oxygen atoms in total. The highest BCUT2D eigenvalue weighted by Crippen LogP contribution is 2.01. The van der Waals surface area contributed by atoms with Gasteiger partial charge < -0.3 is 0 Å². The molecule has 0 aliphatic heterocycles. The summed E-state index contributed by atoms with van der Waals surface area (Å²) in [4.78, 5) is 2.03. The quantitative estimate of drug-likeness (QED) is 0.190. The van der Waals surface area contributed by atoms with Gasteiger partial charge in [-0.05, 0) is 38.1 Å². The van der Waals surface area contributed by atoms with Gasteiger partial charge in [0.1, 0.15) is 0 Å². The maximum Gasteiger partial charge on any atom is 0.00399 e. The Hall–Kier alpha value is -2.42. The summed E-state index contributed by atoms with van der Waals surface area (Å²) in [5.74, 6) is 0. The molecule has 0 radical (unpaired) electrons. The third-order valence-electron chi connectivity index (χ3n) is 5.39. The standard InChI is InChI=1S/2C7H8.2C6H6S.4C4H10.4C2H6/c2*1-7-5-3-2-4-6-7;2*7-6-4-2-1-3-5-6;4*1-3-4-2;4*1-2/h2*2-6H,1H3;2*1-5,7H;4*3-4H2,1-2H3;4*1-2H3. The first-order chi connectivity index (χ1) is 25.2. The van der Waals surface area contributed by atoms with Gasteiger partial charge in [0.05, 0.1) is 0 Å². The fraction of sp³-hybridized carbons (Fsp3) is 0.520. The maximum atomic E-state index is 4.08. The van der Waals surface area contributed by atoms with Crippen LogP contribution in [0.15, 0.2) is 131 Å². The van der Waals surface area contributed by atoms with E-state index < -0.39 is 0 Å². The minimum atomic E-state index is 1.02. The largest absolute Gasteiger partial charge is 0.143 e. The van der Waals surface area contributed by atoms with E-state index in [-0.39, 0.29) is 0 Å². The number of unbranched alkanes of at least 4 members (excludes halogenated alkanes) is 4. The SMILES string of the molecule is CC.CC.CC.CC.CCCC.CCCC.CCCC.CCCC.Cc1ccccc1.Cc1ccccc1.Sc1ccccc1.Sc1ccccc1. The number of aryl methyl sites for hydroxylation is 2. The average molecular weight is 757 g/mol. The van der Waals surface area contributed by atoms with Crippen LogP contribution in [0.25, 0.3) is 0 Å². The van der Waals surface area contributed by atoms with Crippen LogP contribution in [0.1, 0.15) is 173 Å². The fourth-order valence-corrected chi connectivity index (χ4v) is 2.27. The minimum Gasteiger partial charge on any atom is -0.143 e. The zero-order valence-electron chi connectivity index (χ0n) is 38.1. The lowest BCUT2D eigenvalue weighted by atomic mass is 10.2. The molecule has 0 fully saturated rings. The van der Waals surface area contributed by atoms with Crippen LogP contribution in [-0.2, 0) is 0 Å². The molecule has 0 amide bonds. The Morgan fingerprint density at radius 2 is 0.404 bits per heavy atom. The van der Waals surface area contributed by atoms with Crippen molar-refractivity contribution in [2.24, 2.45) is 0 Å². The Balaban J connectivity index is -0.0000000698. The molecule has 0 bridgehead atoms. The normalized spacial score (nSPS) is 7.46. The van der Waals surface area contributed by atoms with Gasteiger partial charge in [0.2, 0.25) is 0 Å². The molecular weight excluding hydrogens is 665 g/mol. The van der Waals surface area contributed by atoms with Crippen LogP contribution >= 0.6 is 25.3 Å². The predicted molar refractivity (Wildman–Crippen MR) is 257 cm³/mol. The molecule has 4 aromatic rings. The van der Waals surface area contributed by atoms with Crippen LogP contribution in [0, 0.1) is 13.8 Å². The van der Waals surface area contributed by atoms with Gasteiger partial charge in [0, 0.05) is 9.79 Å². The second kappa shape index (κ2) is 77.9. The van der Waals surface area contributed by atoms with E-state index in [1.807, 2.05) is 152 Å². The molecule has 304 valence electrons. The number of hydrogen-bond acceptors (Lipinski definition) is 2. The number of rotatable bonds is 4. The molecule has 0 N–H and O–H groups in total.